The van der Waals surface area contributed by atoms with Crippen LogP contribution in [0.25, 0.3) is 0 Å². The fourth-order valence-corrected chi connectivity index (χ4v) is 4.37. The fraction of sp³-hybridized carbons (Fsp3) is 0.722. The molecule has 1 aromatic rings. The number of hydrogen-bond donors (Lipinski definition) is 1. The van der Waals surface area contributed by atoms with Gasteiger partial charge < -0.3 is 9.88 Å². The largest absolute Gasteiger partial charge is 0.389 e. The summed E-state index contributed by atoms with van der Waals surface area (Å²) in [6.45, 7) is 0.851. The number of carbonyl (C=O) groups is 1. The van der Waals surface area contributed by atoms with Crippen molar-refractivity contribution in [1.82, 2.24) is 14.9 Å². The maximum atomic E-state index is 12.4. The predicted octanol–water partition coefficient (Wildman–Crippen LogP) is 2.80. The van der Waals surface area contributed by atoms with Crippen LogP contribution in [-0.2, 0) is 16.6 Å². The van der Waals surface area contributed by atoms with Crippen LogP contribution in [0.3, 0.4) is 0 Å². The van der Waals surface area contributed by atoms with Gasteiger partial charge in [0, 0.05) is 36.4 Å². The number of nitrogens with one attached hydrogen (secondary N) is 1. The van der Waals surface area contributed by atoms with Crippen molar-refractivity contribution >= 4 is 5.91 Å². The SMILES string of the molecule is O=C(CCC(F)(F)F)N1CCCC2(CCc3c2nc(C2CC2)[nH]c3=O)C1. The molecular weight excluding hydrogens is 347 g/mol. The maximum Gasteiger partial charge on any atom is 0.389 e. The molecule has 1 saturated heterocycles. The molecule has 1 spiro atoms. The number of amides is 1. The number of likely N-dealkylation sites (tertiary alicyclic amines) is 1. The molecule has 0 bridgehead atoms. The highest BCUT2D eigenvalue weighted by Gasteiger charge is 2.46. The topological polar surface area (TPSA) is 66.1 Å². The van der Waals surface area contributed by atoms with Crippen LogP contribution < -0.4 is 5.56 Å². The van der Waals surface area contributed by atoms with Gasteiger partial charge in [0.05, 0.1) is 12.1 Å². The fourth-order valence-electron chi connectivity index (χ4n) is 4.37. The summed E-state index contributed by atoms with van der Waals surface area (Å²) in [5.74, 6) is 0.594. The number of carbonyl (C=O) groups excluding carboxylic acids is 1. The number of piperidine rings is 1. The summed E-state index contributed by atoms with van der Waals surface area (Å²) in [7, 11) is 0. The lowest BCUT2D eigenvalue weighted by atomic mass is 9.77. The molecule has 2 fully saturated rings. The summed E-state index contributed by atoms with van der Waals surface area (Å²) in [6.07, 6.45) is -0.972. The van der Waals surface area contributed by atoms with Gasteiger partial charge in [0.15, 0.2) is 0 Å². The Morgan fingerprint density at radius 2 is 2.08 bits per heavy atom. The average molecular weight is 369 g/mol. The van der Waals surface area contributed by atoms with E-state index >= 15 is 0 Å². The Morgan fingerprint density at radius 3 is 2.77 bits per heavy atom. The molecule has 5 nitrogen and oxygen atoms in total. The van der Waals surface area contributed by atoms with Crippen LogP contribution in [0, 0.1) is 0 Å². The highest BCUT2D eigenvalue weighted by molar-refractivity contribution is 5.76. The zero-order valence-corrected chi connectivity index (χ0v) is 14.5. The lowest BCUT2D eigenvalue weighted by molar-refractivity contribution is -0.150. The first-order chi connectivity index (χ1) is 12.3. The van der Waals surface area contributed by atoms with Crippen molar-refractivity contribution in [3.63, 3.8) is 0 Å². The zero-order chi connectivity index (χ0) is 18.5. The number of nitrogens with zero attached hydrogens (tertiary/aromatic N) is 2. The van der Waals surface area contributed by atoms with Gasteiger partial charge in [-0.3, -0.25) is 9.59 Å². The first kappa shape index (κ1) is 17.5. The molecule has 4 rings (SSSR count). The molecular formula is C18H22F3N3O2. The van der Waals surface area contributed by atoms with E-state index < -0.39 is 24.9 Å². The van der Waals surface area contributed by atoms with E-state index in [2.05, 4.69) is 4.98 Å². The molecule has 0 radical (unpaired) electrons. The molecule has 2 aliphatic carbocycles. The summed E-state index contributed by atoms with van der Waals surface area (Å²) < 4.78 is 37.3. The first-order valence-corrected chi connectivity index (χ1v) is 9.25. The van der Waals surface area contributed by atoms with Crippen molar-refractivity contribution in [2.24, 2.45) is 0 Å². The molecule has 2 heterocycles. The number of fused-ring (bicyclic) bond motifs is 2. The number of H-pyrrole nitrogens is 1. The summed E-state index contributed by atoms with van der Waals surface area (Å²) in [5.41, 5.74) is 1.02. The minimum atomic E-state index is -4.32. The highest BCUT2D eigenvalue weighted by atomic mass is 19.4. The minimum Gasteiger partial charge on any atom is -0.342 e. The summed E-state index contributed by atoms with van der Waals surface area (Å²) in [5, 5.41) is 0. The van der Waals surface area contributed by atoms with E-state index in [-0.39, 0.29) is 11.0 Å². The van der Waals surface area contributed by atoms with E-state index in [1.54, 1.807) is 4.90 Å². The minimum absolute atomic E-state index is 0.0886. The van der Waals surface area contributed by atoms with Crippen molar-refractivity contribution in [1.29, 1.82) is 0 Å². The standard InChI is InChI=1S/C18H22F3N3O2/c19-18(20,21)8-5-13(25)24-9-1-6-17(10-24)7-4-12-14(17)22-15(11-2-3-11)23-16(12)26/h11H,1-10H2,(H,22,23,26). The van der Waals surface area contributed by atoms with Crippen LogP contribution in [0.4, 0.5) is 13.2 Å². The van der Waals surface area contributed by atoms with E-state index in [0.29, 0.717) is 31.0 Å². The molecule has 0 aromatic carbocycles. The Balaban J connectivity index is 1.57. The van der Waals surface area contributed by atoms with Gasteiger partial charge in [-0.05, 0) is 38.5 Å². The Kier molecular flexibility index (Phi) is 4.11. The van der Waals surface area contributed by atoms with E-state index in [9.17, 15) is 22.8 Å². The molecule has 26 heavy (non-hydrogen) atoms. The highest BCUT2D eigenvalue weighted by Crippen LogP contribution is 2.45. The predicted molar refractivity (Wildman–Crippen MR) is 87.9 cm³/mol. The van der Waals surface area contributed by atoms with Crippen LogP contribution in [0.5, 0.6) is 0 Å². The van der Waals surface area contributed by atoms with E-state index in [1.165, 1.54) is 0 Å². The van der Waals surface area contributed by atoms with Crippen molar-refractivity contribution < 1.29 is 18.0 Å². The second-order valence-corrected chi connectivity index (χ2v) is 7.87. The van der Waals surface area contributed by atoms with Gasteiger partial charge in [0.1, 0.15) is 5.82 Å². The molecule has 1 aliphatic heterocycles. The number of halogens is 3. The molecule has 3 aliphatic rings. The molecule has 1 saturated carbocycles. The number of rotatable bonds is 3. The molecule has 1 N–H and O–H groups in total. The molecule has 142 valence electrons. The lowest BCUT2D eigenvalue weighted by Gasteiger charge is -2.40. The number of aromatic nitrogens is 2. The van der Waals surface area contributed by atoms with Gasteiger partial charge in [-0.15, -0.1) is 0 Å². The normalized spacial score (nSPS) is 25.6. The van der Waals surface area contributed by atoms with Gasteiger partial charge in [0.2, 0.25) is 5.91 Å². The van der Waals surface area contributed by atoms with Crippen LogP contribution in [0.1, 0.15) is 67.9 Å². The third-order valence-electron chi connectivity index (χ3n) is 5.91. The van der Waals surface area contributed by atoms with Gasteiger partial charge in [-0.1, -0.05) is 0 Å². The Bertz CT molecular complexity index is 785. The van der Waals surface area contributed by atoms with Gasteiger partial charge in [0.25, 0.3) is 5.56 Å². The Labute approximate surface area is 149 Å². The number of hydrogen-bond acceptors (Lipinski definition) is 3. The first-order valence-electron chi connectivity index (χ1n) is 9.25. The molecule has 1 amide bonds. The second-order valence-electron chi connectivity index (χ2n) is 7.87. The zero-order valence-electron chi connectivity index (χ0n) is 14.5. The lowest BCUT2D eigenvalue weighted by Crippen LogP contribution is -2.48. The monoisotopic (exact) mass is 369 g/mol. The third-order valence-corrected chi connectivity index (χ3v) is 5.91. The van der Waals surface area contributed by atoms with Gasteiger partial charge in [-0.2, -0.15) is 13.2 Å². The van der Waals surface area contributed by atoms with Crippen molar-refractivity contribution in [2.45, 2.75) is 68.9 Å². The van der Waals surface area contributed by atoms with Crippen molar-refractivity contribution in [3.05, 3.63) is 27.4 Å². The Morgan fingerprint density at radius 1 is 1.31 bits per heavy atom. The van der Waals surface area contributed by atoms with Gasteiger partial charge >= 0.3 is 6.18 Å². The maximum absolute atomic E-state index is 12.4. The average Bonchev–Trinajstić information content (AvgIpc) is 3.38. The van der Waals surface area contributed by atoms with E-state index in [1.807, 2.05) is 0 Å². The smallest absolute Gasteiger partial charge is 0.342 e. The van der Waals surface area contributed by atoms with Crippen LogP contribution in [0.15, 0.2) is 4.79 Å². The molecule has 1 unspecified atom stereocenters. The van der Waals surface area contributed by atoms with Crippen molar-refractivity contribution in [2.75, 3.05) is 13.1 Å². The molecule has 1 aromatic heterocycles. The van der Waals surface area contributed by atoms with Crippen LogP contribution in [-0.4, -0.2) is 40.0 Å². The van der Waals surface area contributed by atoms with Crippen molar-refractivity contribution in [3.8, 4) is 0 Å². The van der Waals surface area contributed by atoms with Crippen LogP contribution >= 0.6 is 0 Å². The third kappa shape index (κ3) is 3.25. The Hall–Kier alpha value is -1.86. The molecule has 1 atom stereocenters. The summed E-state index contributed by atoms with van der Waals surface area (Å²) >= 11 is 0. The summed E-state index contributed by atoms with van der Waals surface area (Å²) in [6, 6.07) is 0. The van der Waals surface area contributed by atoms with E-state index in [4.69, 9.17) is 4.98 Å². The van der Waals surface area contributed by atoms with Crippen LogP contribution in [0.2, 0.25) is 0 Å². The number of aromatic amines is 1. The van der Waals surface area contributed by atoms with E-state index in [0.717, 1.165) is 43.6 Å². The molecule has 8 heteroatoms. The second kappa shape index (κ2) is 6.09. The number of alkyl halides is 3. The quantitative estimate of drug-likeness (QED) is 0.891. The summed E-state index contributed by atoms with van der Waals surface area (Å²) in [4.78, 5) is 33.9. The van der Waals surface area contributed by atoms with Gasteiger partial charge in [-0.25, -0.2) is 4.98 Å².